The van der Waals surface area contributed by atoms with Gasteiger partial charge >= 0.3 is 0 Å². The fourth-order valence-electron chi connectivity index (χ4n) is 2.34. The Bertz CT molecular complexity index is 650. The molecule has 0 aliphatic carbocycles. The summed E-state index contributed by atoms with van der Waals surface area (Å²) in [7, 11) is 0. The van der Waals surface area contributed by atoms with Gasteiger partial charge in [-0.2, -0.15) is 5.10 Å². The van der Waals surface area contributed by atoms with E-state index in [2.05, 4.69) is 51.6 Å². The molecule has 1 unspecified atom stereocenters. The van der Waals surface area contributed by atoms with Crippen molar-refractivity contribution in [3.05, 3.63) is 29.5 Å². The Morgan fingerprint density at radius 3 is 2.95 bits per heavy atom. The first-order chi connectivity index (χ1) is 9.93. The number of imidazole rings is 1. The van der Waals surface area contributed by atoms with E-state index in [0.717, 1.165) is 17.1 Å². The van der Waals surface area contributed by atoms with Crippen LogP contribution in [-0.4, -0.2) is 32.1 Å². The number of rotatable bonds is 2. The molecule has 1 amide bonds. The largest absolute Gasteiger partial charge is 0.347 e. The van der Waals surface area contributed by atoms with Gasteiger partial charge in [-0.05, 0) is 0 Å². The van der Waals surface area contributed by atoms with E-state index in [1.165, 1.54) is 0 Å². The molecule has 2 aromatic rings. The molecular formula is C14H20N6O. The van der Waals surface area contributed by atoms with Crippen LogP contribution in [0.15, 0.2) is 12.4 Å². The zero-order valence-corrected chi connectivity index (χ0v) is 12.4. The van der Waals surface area contributed by atoms with E-state index in [0.29, 0.717) is 18.8 Å². The summed E-state index contributed by atoms with van der Waals surface area (Å²) < 4.78 is 0. The Kier molecular flexibility index (Phi) is 3.29. The Labute approximate surface area is 122 Å². The Balaban J connectivity index is 1.66. The van der Waals surface area contributed by atoms with Gasteiger partial charge in [-0.25, -0.2) is 4.98 Å². The molecule has 1 atom stereocenters. The highest BCUT2D eigenvalue weighted by Crippen LogP contribution is 2.22. The maximum Gasteiger partial charge on any atom is 0.243 e. The Hall–Kier alpha value is -2.15. The topological polar surface area (TPSA) is 98.5 Å². The summed E-state index contributed by atoms with van der Waals surface area (Å²) in [5.74, 6) is 0.468. The summed E-state index contributed by atoms with van der Waals surface area (Å²) in [6.45, 7) is 6.90. The lowest BCUT2D eigenvalue weighted by Gasteiger charge is -2.21. The zero-order chi connectivity index (χ0) is 15.0. The monoisotopic (exact) mass is 288 g/mol. The van der Waals surface area contributed by atoms with Crippen LogP contribution in [-0.2, 0) is 23.2 Å². The summed E-state index contributed by atoms with van der Waals surface area (Å²) in [6, 6.07) is 1.59. The lowest BCUT2D eigenvalue weighted by molar-refractivity contribution is -0.118. The molecule has 4 N–H and O–H groups in total. The first-order valence-corrected chi connectivity index (χ1v) is 7.05. The molecule has 0 bridgehead atoms. The molecule has 0 radical (unpaired) electrons. The van der Waals surface area contributed by atoms with Crippen LogP contribution >= 0.6 is 0 Å². The van der Waals surface area contributed by atoms with Crippen molar-refractivity contribution in [2.24, 2.45) is 0 Å². The molecule has 1 aliphatic rings. The van der Waals surface area contributed by atoms with Crippen LogP contribution in [0.25, 0.3) is 0 Å². The van der Waals surface area contributed by atoms with Gasteiger partial charge in [0.2, 0.25) is 5.91 Å². The van der Waals surface area contributed by atoms with Crippen molar-refractivity contribution < 1.29 is 4.79 Å². The Morgan fingerprint density at radius 2 is 2.24 bits per heavy atom. The highest BCUT2D eigenvalue weighted by atomic mass is 16.2. The molecule has 7 nitrogen and oxygen atoms in total. The molecule has 1 aliphatic heterocycles. The standard InChI is InChI=1S/C14H20N6O/c1-14(2,3)11-5-12(20-19-11)18-13(21)9-4-8-10(6-15-9)17-7-16-8/h5,7,9,15H,4,6H2,1-3H3,(H,16,17)(H2,18,19,20,21). The minimum atomic E-state index is -0.282. The van der Waals surface area contributed by atoms with Crippen molar-refractivity contribution in [1.82, 2.24) is 25.5 Å². The van der Waals surface area contributed by atoms with Crippen molar-refractivity contribution in [2.45, 2.75) is 45.2 Å². The fourth-order valence-corrected chi connectivity index (χ4v) is 2.34. The Morgan fingerprint density at radius 1 is 1.43 bits per heavy atom. The average Bonchev–Trinajstić information content (AvgIpc) is 3.04. The smallest absolute Gasteiger partial charge is 0.243 e. The van der Waals surface area contributed by atoms with Crippen LogP contribution in [0, 0.1) is 0 Å². The van der Waals surface area contributed by atoms with Crippen LogP contribution in [0.5, 0.6) is 0 Å². The van der Waals surface area contributed by atoms with E-state index in [1.807, 2.05) is 6.07 Å². The van der Waals surface area contributed by atoms with Crippen molar-refractivity contribution in [3.8, 4) is 0 Å². The SMILES string of the molecule is CC(C)(C)c1cc(NC(=O)C2Cc3nc[nH]c3CN2)n[nH]1. The van der Waals surface area contributed by atoms with Crippen molar-refractivity contribution in [3.63, 3.8) is 0 Å². The molecule has 112 valence electrons. The number of H-pyrrole nitrogens is 2. The minimum Gasteiger partial charge on any atom is -0.347 e. The van der Waals surface area contributed by atoms with Crippen molar-refractivity contribution in [2.75, 3.05) is 5.32 Å². The number of hydrogen-bond acceptors (Lipinski definition) is 4. The van der Waals surface area contributed by atoms with E-state index in [4.69, 9.17) is 0 Å². The molecule has 0 saturated heterocycles. The van der Waals surface area contributed by atoms with Gasteiger partial charge in [-0.15, -0.1) is 0 Å². The molecule has 0 aromatic carbocycles. The van der Waals surface area contributed by atoms with Gasteiger partial charge in [0.25, 0.3) is 0 Å². The number of carbonyl (C=O) groups excluding carboxylic acids is 1. The van der Waals surface area contributed by atoms with Gasteiger partial charge in [0.1, 0.15) is 0 Å². The maximum absolute atomic E-state index is 12.3. The molecule has 21 heavy (non-hydrogen) atoms. The third-order valence-electron chi connectivity index (χ3n) is 3.68. The number of aromatic amines is 2. The third kappa shape index (κ3) is 2.82. The quantitative estimate of drug-likeness (QED) is 0.664. The van der Waals surface area contributed by atoms with E-state index in [9.17, 15) is 4.79 Å². The lowest BCUT2D eigenvalue weighted by atomic mass is 9.92. The predicted octanol–water partition coefficient (Wildman–Crippen LogP) is 1.08. The summed E-state index contributed by atoms with van der Waals surface area (Å²) in [4.78, 5) is 19.6. The second-order valence-corrected chi connectivity index (χ2v) is 6.37. The van der Waals surface area contributed by atoms with Crippen molar-refractivity contribution >= 4 is 11.7 Å². The van der Waals surface area contributed by atoms with Gasteiger partial charge in [-0.3, -0.25) is 15.2 Å². The summed E-state index contributed by atoms with van der Waals surface area (Å²) in [6.07, 6.45) is 2.25. The minimum absolute atomic E-state index is 0.0248. The average molecular weight is 288 g/mol. The van der Waals surface area contributed by atoms with Crippen LogP contribution in [0.4, 0.5) is 5.82 Å². The zero-order valence-electron chi connectivity index (χ0n) is 12.4. The number of aromatic nitrogens is 4. The van der Waals surface area contributed by atoms with Crippen LogP contribution < -0.4 is 10.6 Å². The summed E-state index contributed by atoms with van der Waals surface area (Å²) in [5.41, 5.74) is 2.97. The van der Waals surface area contributed by atoms with Gasteiger partial charge in [-0.1, -0.05) is 20.8 Å². The second kappa shape index (κ2) is 5.00. The van der Waals surface area contributed by atoms with Gasteiger partial charge in [0.05, 0.1) is 23.8 Å². The lowest BCUT2D eigenvalue weighted by Crippen LogP contribution is -2.44. The number of carbonyl (C=O) groups is 1. The molecule has 2 aromatic heterocycles. The molecule has 3 heterocycles. The molecule has 0 spiro atoms. The first kappa shape index (κ1) is 13.8. The number of fused-ring (bicyclic) bond motifs is 1. The number of nitrogens with zero attached hydrogens (tertiary/aromatic N) is 2. The van der Waals surface area contributed by atoms with Crippen molar-refractivity contribution in [1.29, 1.82) is 0 Å². The fraction of sp³-hybridized carbons (Fsp3) is 0.500. The molecule has 0 fully saturated rings. The molecule has 7 heteroatoms. The maximum atomic E-state index is 12.3. The first-order valence-electron chi connectivity index (χ1n) is 7.05. The van der Waals surface area contributed by atoms with Crippen LogP contribution in [0.3, 0.4) is 0 Å². The van der Waals surface area contributed by atoms with Gasteiger partial charge < -0.3 is 10.3 Å². The highest BCUT2D eigenvalue weighted by molar-refractivity contribution is 5.94. The second-order valence-electron chi connectivity index (χ2n) is 6.37. The number of anilines is 1. The molecular weight excluding hydrogens is 268 g/mol. The van der Waals surface area contributed by atoms with Gasteiger partial charge in [0, 0.05) is 30.1 Å². The molecule has 0 saturated carbocycles. The predicted molar refractivity (Wildman–Crippen MR) is 78.8 cm³/mol. The van der Waals surface area contributed by atoms with Gasteiger partial charge in [0.15, 0.2) is 5.82 Å². The highest BCUT2D eigenvalue weighted by Gasteiger charge is 2.26. The normalized spacial score (nSPS) is 18.3. The number of hydrogen-bond donors (Lipinski definition) is 4. The van der Waals surface area contributed by atoms with E-state index >= 15 is 0 Å². The molecule has 3 rings (SSSR count). The van der Waals surface area contributed by atoms with E-state index in [-0.39, 0.29) is 17.4 Å². The summed E-state index contributed by atoms with van der Waals surface area (Å²) in [5, 5.41) is 13.2. The van der Waals surface area contributed by atoms with Crippen LogP contribution in [0.1, 0.15) is 37.9 Å². The van der Waals surface area contributed by atoms with Crippen LogP contribution in [0.2, 0.25) is 0 Å². The van der Waals surface area contributed by atoms with E-state index in [1.54, 1.807) is 6.33 Å². The number of amides is 1. The third-order valence-corrected chi connectivity index (χ3v) is 3.68. The number of nitrogens with one attached hydrogen (secondary N) is 4. The summed E-state index contributed by atoms with van der Waals surface area (Å²) >= 11 is 0. The van der Waals surface area contributed by atoms with E-state index < -0.39 is 0 Å².